The van der Waals surface area contributed by atoms with E-state index in [-0.39, 0.29) is 18.0 Å². The molecule has 0 radical (unpaired) electrons. The molecule has 0 N–H and O–H groups in total. The molecular formula is C20H22O3. The smallest absolute Gasteiger partial charge is 0.170 e. The lowest BCUT2D eigenvalue weighted by molar-refractivity contribution is 0.0894. The van der Waals surface area contributed by atoms with Gasteiger partial charge in [-0.3, -0.25) is 9.59 Å². The number of Topliss-reactive ketones (excluding diaryl/α,β-unsaturated/α-hetero) is 2. The van der Waals surface area contributed by atoms with Crippen molar-refractivity contribution < 1.29 is 14.3 Å². The molecule has 0 aliphatic heterocycles. The van der Waals surface area contributed by atoms with Crippen molar-refractivity contribution in [3.63, 3.8) is 0 Å². The molecule has 3 nitrogen and oxygen atoms in total. The first-order valence-electron chi connectivity index (χ1n) is 7.79. The first kappa shape index (κ1) is 16.9. The van der Waals surface area contributed by atoms with Crippen molar-refractivity contribution in [3.05, 3.63) is 65.2 Å². The Morgan fingerprint density at radius 2 is 1.35 bits per heavy atom. The quantitative estimate of drug-likeness (QED) is 0.564. The summed E-state index contributed by atoms with van der Waals surface area (Å²) in [6, 6.07) is 14.3. The number of ketones is 2. The van der Waals surface area contributed by atoms with Crippen LogP contribution in [0.5, 0.6) is 5.75 Å². The monoisotopic (exact) mass is 310 g/mol. The van der Waals surface area contributed by atoms with Crippen LogP contribution in [0, 0.1) is 5.92 Å². The molecule has 120 valence electrons. The van der Waals surface area contributed by atoms with Crippen LogP contribution < -0.4 is 4.74 Å². The third-order valence-corrected chi connectivity index (χ3v) is 3.65. The predicted octanol–water partition coefficient (Wildman–Crippen LogP) is 4.35. The van der Waals surface area contributed by atoms with Gasteiger partial charge >= 0.3 is 0 Å². The third kappa shape index (κ3) is 4.78. The Bertz CT molecular complexity index is 667. The van der Waals surface area contributed by atoms with Crippen LogP contribution in [0.3, 0.4) is 0 Å². The van der Waals surface area contributed by atoms with E-state index in [9.17, 15) is 9.59 Å². The van der Waals surface area contributed by atoms with Crippen LogP contribution in [0.2, 0.25) is 0 Å². The van der Waals surface area contributed by atoms with Gasteiger partial charge in [-0.2, -0.15) is 0 Å². The van der Waals surface area contributed by atoms with Crippen molar-refractivity contribution in [2.75, 3.05) is 7.11 Å². The summed E-state index contributed by atoms with van der Waals surface area (Å²) in [5.41, 5.74) is 2.31. The van der Waals surface area contributed by atoms with Crippen molar-refractivity contribution in [2.24, 2.45) is 5.92 Å². The van der Waals surface area contributed by atoms with Gasteiger partial charge in [0.25, 0.3) is 0 Å². The maximum Gasteiger partial charge on any atom is 0.170 e. The zero-order chi connectivity index (χ0) is 16.8. The van der Waals surface area contributed by atoms with Crippen molar-refractivity contribution in [1.82, 2.24) is 0 Å². The summed E-state index contributed by atoms with van der Waals surface area (Å²) in [6.45, 7) is 4.32. The number of rotatable bonds is 7. The van der Waals surface area contributed by atoms with Gasteiger partial charge < -0.3 is 4.74 Å². The van der Waals surface area contributed by atoms with Gasteiger partial charge in [-0.05, 0) is 42.2 Å². The summed E-state index contributed by atoms with van der Waals surface area (Å²) in [4.78, 5) is 24.4. The van der Waals surface area contributed by atoms with Crippen LogP contribution in [-0.4, -0.2) is 18.7 Å². The molecule has 0 aliphatic carbocycles. The zero-order valence-corrected chi connectivity index (χ0v) is 13.8. The second kappa shape index (κ2) is 7.73. The van der Waals surface area contributed by atoms with E-state index in [1.54, 1.807) is 43.5 Å². The number of methoxy groups -OCH3 is 1. The molecule has 0 heterocycles. The molecule has 0 aromatic heterocycles. The van der Waals surface area contributed by atoms with Gasteiger partial charge in [-0.1, -0.05) is 38.1 Å². The van der Waals surface area contributed by atoms with Crippen LogP contribution in [0.25, 0.3) is 0 Å². The fraction of sp³-hybridized carbons (Fsp3) is 0.300. The van der Waals surface area contributed by atoms with E-state index in [1.807, 2.05) is 12.1 Å². The van der Waals surface area contributed by atoms with Gasteiger partial charge in [0.15, 0.2) is 11.6 Å². The highest BCUT2D eigenvalue weighted by Crippen LogP contribution is 2.15. The van der Waals surface area contributed by atoms with Gasteiger partial charge in [-0.15, -0.1) is 0 Å². The summed E-state index contributed by atoms with van der Waals surface area (Å²) in [6.07, 6.45) is 0.870. The molecule has 0 amide bonds. The minimum absolute atomic E-state index is 0.115. The zero-order valence-electron chi connectivity index (χ0n) is 13.8. The molecule has 0 fully saturated rings. The second-order valence-electron chi connectivity index (χ2n) is 6.05. The lowest BCUT2D eigenvalue weighted by Crippen LogP contribution is -2.08. The molecular weight excluding hydrogens is 288 g/mol. The Hall–Kier alpha value is -2.42. The Kier molecular flexibility index (Phi) is 5.69. The molecule has 0 aliphatic rings. The van der Waals surface area contributed by atoms with Crippen LogP contribution in [-0.2, 0) is 6.42 Å². The summed E-state index contributed by atoms with van der Waals surface area (Å²) in [5, 5.41) is 0. The summed E-state index contributed by atoms with van der Waals surface area (Å²) >= 11 is 0. The van der Waals surface area contributed by atoms with Gasteiger partial charge in [0.05, 0.1) is 13.5 Å². The Labute approximate surface area is 137 Å². The first-order valence-corrected chi connectivity index (χ1v) is 7.79. The van der Waals surface area contributed by atoms with Gasteiger partial charge in [-0.25, -0.2) is 0 Å². The first-order chi connectivity index (χ1) is 11.0. The number of hydrogen-bond donors (Lipinski definition) is 0. The van der Waals surface area contributed by atoms with Gasteiger partial charge in [0.2, 0.25) is 0 Å². The van der Waals surface area contributed by atoms with E-state index in [4.69, 9.17) is 4.74 Å². The molecule has 23 heavy (non-hydrogen) atoms. The third-order valence-electron chi connectivity index (χ3n) is 3.65. The van der Waals surface area contributed by atoms with Crippen LogP contribution in [0.15, 0.2) is 48.5 Å². The number of benzene rings is 2. The molecule has 2 rings (SSSR count). The van der Waals surface area contributed by atoms with Crippen molar-refractivity contribution >= 4 is 11.6 Å². The lowest BCUT2D eigenvalue weighted by atomic mass is 9.98. The summed E-state index contributed by atoms with van der Waals surface area (Å²) in [5.74, 6) is 0.938. The van der Waals surface area contributed by atoms with E-state index in [1.165, 1.54) is 5.56 Å². The van der Waals surface area contributed by atoms with Crippen molar-refractivity contribution in [3.8, 4) is 5.75 Å². The lowest BCUT2D eigenvalue weighted by Gasteiger charge is -2.06. The molecule has 3 heteroatoms. The fourth-order valence-corrected chi connectivity index (χ4v) is 2.42. The second-order valence-corrected chi connectivity index (χ2v) is 6.05. The summed E-state index contributed by atoms with van der Waals surface area (Å²) < 4.78 is 5.06. The van der Waals surface area contributed by atoms with E-state index in [2.05, 4.69) is 13.8 Å². The van der Waals surface area contributed by atoms with E-state index < -0.39 is 0 Å². The van der Waals surface area contributed by atoms with Crippen LogP contribution in [0.1, 0.15) is 46.5 Å². The van der Waals surface area contributed by atoms with Crippen molar-refractivity contribution in [1.29, 1.82) is 0 Å². The number of hydrogen-bond acceptors (Lipinski definition) is 3. The average Bonchev–Trinajstić information content (AvgIpc) is 2.55. The molecule has 0 atom stereocenters. The Morgan fingerprint density at radius 1 is 0.870 bits per heavy atom. The Balaban J connectivity index is 2.01. The predicted molar refractivity (Wildman–Crippen MR) is 91.3 cm³/mol. The highest BCUT2D eigenvalue weighted by Gasteiger charge is 2.14. The molecule has 0 spiro atoms. The van der Waals surface area contributed by atoms with E-state index in [0.717, 1.165) is 6.42 Å². The maximum absolute atomic E-state index is 12.2. The van der Waals surface area contributed by atoms with E-state index >= 15 is 0 Å². The maximum atomic E-state index is 12.2. The molecule has 2 aromatic carbocycles. The van der Waals surface area contributed by atoms with Crippen LogP contribution >= 0.6 is 0 Å². The molecule has 2 aromatic rings. The molecule has 0 saturated heterocycles. The van der Waals surface area contributed by atoms with Crippen molar-refractivity contribution in [2.45, 2.75) is 26.7 Å². The molecule has 0 bridgehead atoms. The summed E-state index contributed by atoms with van der Waals surface area (Å²) in [7, 11) is 1.57. The van der Waals surface area contributed by atoms with Gasteiger partial charge in [0, 0.05) is 11.1 Å². The minimum Gasteiger partial charge on any atom is -0.497 e. The largest absolute Gasteiger partial charge is 0.497 e. The van der Waals surface area contributed by atoms with E-state index in [0.29, 0.717) is 22.8 Å². The average molecular weight is 310 g/mol. The minimum atomic E-state index is -0.177. The highest BCUT2D eigenvalue weighted by molar-refractivity contribution is 6.13. The molecule has 0 unspecified atom stereocenters. The number of ether oxygens (including phenoxy) is 1. The molecule has 0 saturated carbocycles. The number of carbonyl (C=O) groups is 2. The highest BCUT2D eigenvalue weighted by atomic mass is 16.5. The topological polar surface area (TPSA) is 43.4 Å². The standard InChI is InChI=1S/C20H22O3/c1-14(2)12-15-4-6-16(7-5-15)19(21)13-20(22)17-8-10-18(23-3)11-9-17/h4-11,14H,12-13H2,1-3H3. The SMILES string of the molecule is COc1ccc(C(=O)CC(=O)c2ccc(CC(C)C)cc2)cc1. The Morgan fingerprint density at radius 3 is 1.78 bits per heavy atom. The normalized spacial score (nSPS) is 10.6. The van der Waals surface area contributed by atoms with Gasteiger partial charge in [0.1, 0.15) is 5.75 Å². The fourth-order valence-electron chi connectivity index (χ4n) is 2.42. The van der Waals surface area contributed by atoms with Crippen LogP contribution in [0.4, 0.5) is 0 Å². The number of carbonyl (C=O) groups excluding carboxylic acids is 2.